The van der Waals surface area contributed by atoms with Crippen LogP contribution in [0.5, 0.6) is 0 Å². The molecule has 1 radical (unpaired) electrons. The number of allylic oxidation sites excluding steroid dienone is 4. The zero-order valence-electron chi connectivity index (χ0n) is 37.3. The van der Waals surface area contributed by atoms with Crippen molar-refractivity contribution < 1.29 is 31.4 Å². The molecule has 0 atom stereocenters. The molecule has 4 heteroatoms. The molecule has 1 aromatic carbocycles. The molecule has 0 unspecified atom stereocenters. The van der Waals surface area contributed by atoms with Crippen LogP contribution < -0.4 is 0 Å². The van der Waals surface area contributed by atoms with Crippen LogP contribution in [0, 0.1) is 38.5 Å². The van der Waals surface area contributed by atoms with E-state index >= 15 is 0 Å². The van der Waals surface area contributed by atoms with Gasteiger partial charge in [-0.15, -0.1) is 0 Å². The standard InChI is InChI=1S/C13H22.C13H20.C5H12.C5H11.C3H8O.2C2H6.CH3FS.CH3.Au/c2*1-9(2)12-7-6-8-13(10(3)4)11(12)5;1-4-5(2)3;1-3-5-4-2;1-2-3-4;2*1-2;1-3-2;;/h7,9-10H,6,8H2,1-5H3;6-10H,1-5H3;5H,4H2,1-3H3;3H,4-5H2,1-2H3;4H,2-3H2,1H3;2*1-2H3;1H3;1H3;/q;;;-1;;;;;-1;. The second-order valence-corrected chi connectivity index (χ2v) is 13.2. The van der Waals surface area contributed by atoms with Gasteiger partial charge in [0, 0.05) is 47.4 Å². The molecule has 49 heavy (non-hydrogen) atoms. The Labute approximate surface area is 332 Å². The second-order valence-electron chi connectivity index (χ2n) is 12.9. The molecule has 0 spiro atoms. The van der Waals surface area contributed by atoms with Gasteiger partial charge in [0.2, 0.25) is 0 Å². The first-order valence-electron chi connectivity index (χ1n) is 19.1. The van der Waals surface area contributed by atoms with E-state index < -0.39 is 0 Å². The fraction of sp³-hybridized carbons (Fsp3) is 0.733. The molecule has 1 N–H and O–H groups in total. The topological polar surface area (TPSA) is 20.2 Å². The predicted molar refractivity (Wildman–Crippen MR) is 230 cm³/mol. The van der Waals surface area contributed by atoms with E-state index in [4.69, 9.17) is 5.11 Å². The van der Waals surface area contributed by atoms with Crippen LogP contribution in [0.4, 0.5) is 3.89 Å². The average molecular weight is 896 g/mol. The summed E-state index contributed by atoms with van der Waals surface area (Å²) in [6, 6.07) is 6.66. The van der Waals surface area contributed by atoms with Crippen LogP contribution in [0.2, 0.25) is 0 Å². The number of aliphatic hydroxyl groups excluding tert-OH is 1. The van der Waals surface area contributed by atoms with Crippen LogP contribution in [0.25, 0.3) is 0 Å². The number of aliphatic hydroxyl groups is 1. The van der Waals surface area contributed by atoms with Crippen molar-refractivity contribution in [3.05, 3.63) is 71.5 Å². The molecule has 1 nitrogen and oxygen atoms in total. The van der Waals surface area contributed by atoms with E-state index in [9.17, 15) is 3.89 Å². The molecule has 0 bridgehead atoms. The van der Waals surface area contributed by atoms with Crippen LogP contribution in [0.3, 0.4) is 0 Å². The van der Waals surface area contributed by atoms with E-state index in [0.29, 0.717) is 24.4 Å². The minimum atomic E-state index is 0. The quantitative estimate of drug-likeness (QED) is 0.207. The maximum Gasteiger partial charge on any atom is 0.0428 e. The minimum Gasteiger partial charge on any atom is -0.396 e. The molecular formula is C45H91AuFOS-2. The van der Waals surface area contributed by atoms with E-state index in [-0.39, 0.29) is 42.0 Å². The maximum absolute atomic E-state index is 10.2. The Kier molecular flexibility index (Phi) is 68.0. The zero-order chi connectivity index (χ0) is 38.5. The maximum atomic E-state index is 10.2. The van der Waals surface area contributed by atoms with Gasteiger partial charge in [-0.25, -0.2) is 0 Å². The second kappa shape index (κ2) is 49.8. The summed E-state index contributed by atoms with van der Waals surface area (Å²) in [6.45, 7) is 43.9. The van der Waals surface area contributed by atoms with Crippen molar-refractivity contribution in [1.29, 1.82) is 0 Å². The van der Waals surface area contributed by atoms with Gasteiger partial charge in [0.05, 0.1) is 0 Å². The fourth-order valence-electron chi connectivity index (χ4n) is 4.51. The smallest absolute Gasteiger partial charge is 0.0428 e. The molecule has 0 amide bonds. The van der Waals surface area contributed by atoms with Crippen LogP contribution in [0.15, 0.2) is 41.0 Å². The number of unbranched alkanes of at least 4 members (excludes halogenated alkanes) is 2. The SMILES string of the molecule is CC.CC.CC1=C(C(C)C)CCC=C1C(C)C.CCC(C)C.CCCO.CSF.C[CH-]CCC.Cc1c(C(C)C)cccc1C(C)C.[Au].[CH3-]. The summed E-state index contributed by atoms with van der Waals surface area (Å²) in [5.74, 6) is 3.57. The Balaban J connectivity index is -0.0000000722. The van der Waals surface area contributed by atoms with Crippen molar-refractivity contribution in [2.24, 2.45) is 17.8 Å². The summed E-state index contributed by atoms with van der Waals surface area (Å²) in [6.07, 6.45) is 13.2. The normalized spacial score (nSPS) is 11.0. The third-order valence-electron chi connectivity index (χ3n) is 7.29. The molecule has 0 heterocycles. The van der Waals surface area contributed by atoms with E-state index in [1.54, 1.807) is 16.7 Å². The first-order chi connectivity index (χ1) is 22.1. The van der Waals surface area contributed by atoms with E-state index in [1.165, 1.54) is 55.1 Å². The molecule has 0 saturated carbocycles. The van der Waals surface area contributed by atoms with E-state index in [0.717, 1.165) is 18.3 Å². The fourth-order valence-corrected chi connectivity index (χ4v) is 4.51. The van der Waals surface area contributed by atoms with E-state index in [2.05, 4.69) is 135 Å². The van der Waals surface area contributed by atoms with Gasteiger partial charge in [0.1, 0.15) is 0 Å². The van der Waals surface area contributed by atoms with Crippen molar-refractivity contribution in [2.75, 3.05) is 12.9 Å². The first kappa shape index (κ1) is 66.9. The molecule has 1 aliphatic carbocycles. The number of rotatable bonds is 8. The first-order valence-corrected chi connectivity index (χ1v) is 20.2. The van der Waals surface area contributed by atoms with Gasteiger partial charge >= 0.3 is 0 Å². The van der Waals surface area contributed by atoms with Crippen molar-refractivity contribution in [1.82, 2.24) is 0 Å². The van der Waals surface area contributed by atoms with Gasteiger partial charge in [-0.1, -0.05) is 160 Å². The van der Waals surface area contributed by atoms with Crippen LogP contribution in [-0.2, 0) is 22.4 Å². The van der Waals surface area contributed by atoms with Gasteiger partial charge in [0.25, 0.3) is 0 Å². The molecule has 0 saturated heterocycles. The average Bonchev–Trinajstić information content (AvgIpc) is 3.04. The number of hydrogen-bond donors (Lipinski definition) is 1. The number of halogens is 1. The summed E-state index contributed by atoms with van der Waals surface area (Å²) in [5.41, 5.74) is 9.28. The molecular weight excluding hydrogens is 805 g/mol. The Morgan fingerprint density at radius 2 is 1.14 bits per heavy atom. The van der Waals surface area contributed by atoms with Gasteiger partial charge < -0.3 is 19.0 Å². The molecule has 0 aliphatic heterocycles. The Bertz CT molecular complexity index is 780. The zero-order valence-corrected chi connectivity index (χ0v) is 40.2. The van der Waals surface area contributed by atoms with Gasteiger partial charge in [-0.2, -0.15) is 17.2 Å². The van der Waals surface area contributed by atoms with Crippen molar-refractivity contribution in [3.63, 3.8) is 0 Å². The molecule has 0 fully saturated rings. The monoisotopic (exact) mass is 896 g/mol. The molecule has 1 aliphatic rings. The van der Waals surface area contributed by atoms with Crippen LogP contribution >= 0.6 is 12.1 Å². The molecule has 303 valence electrons. The van der Waals surface area contributed by atoms with Crippen molar-refractivity contribution in [3.8, 4) is 0 Å². The summed E-state index contributed by atoms with van der Waals surface area (Å²) in [5, 5.41) is 7.88. The molecule has 2 rings (SSSR count). The van der Waals surface area contributed by atoms with Crippen molar-refractivity contribution >= 4 is 12.1 Å². The van der Waals surface area contributed by atoms with Crippen molar-refractivity contribution in [2.45, 2.75) is 189 Å². The molecule has 0 aromatic heterocycles. The Morgan fingerprint density at radius 3 is 1.35 bits per heavy atom. The number of hydrogen-bond acceptors (Lipinski definition) is 2. The van der Waals surface area contributed by atoms with Gasteiger partial charge in [-0.05, 0) is 90.5 Å². The Hall–Kier alpha value is -0.320. The third kappa shape index (κ3) is 42.0. The summed E-state index contributed by atoms with van der Waals surface area (Å²) in [7, 11) is 0. The predicted octanol–water partition coefficient (Wildman–Crippen LogP) is 16.8. The Morgan fingerprint density at radius 1 is 0.776 bits per heavy atom. The third-order valence-corrected chi connectivity index (χ3v) is 7.29. The largest absolute Gasteiger partial charge is 0.396 e. The summed E-state index contributed by atoms with van der Waals surface area (Å²) < 4.78 is 10.2. The van der Waals surface area contributed by atoms with E-state index in [1.807, 2.05) is 34.6 Å². The molecule has 1 aromatic rings. The summed E-state index contributed by atoms with van der Waals surface area (Å²) >= 11 is 0.250. The minimum absolute atomic E-state index is 0. The number of benzene rings is 1. The van der Waals surface area contributed by atoms with Gasteiger partial charge in [-0.3, -0.25) is 0 Å². The van der Waals surface area contributed by atoms with Crippen LogP contribution in [-0.4, -0.2) is 18.0 Å². The van der Waals surface area contributed by atoms with Crippen LogP contribution in [0.1, 0.15) is 199 Å². The summed E-state index contributed by atoms with van der Waals surface area (Å²) in [4.78, 5) is 0. The van der Waals surface area contributed by atoms with Gasteiger partial charge in [0.15, 0.2) is 0 Å².